The molecule has 9 aromatic carbocycles. The summed E-state index contributed by atoms with van der Waals surface area (Å²) < 4.78 is 11.4. The van der Waals surface area contributed by atoms with Crippen molar-refractivity contribution in [3.05, 3.63) is 206 Å². The van der Waals surface area contributed by atoms with Crippen molar-refractivity contribution in [2.45, 2.75) is 0 Å². The van der Waals surface area contributed by atoms with Crippen LogP contribution in [0.15, 0.2) is 211 Å². The fourth-order valence-electron chi connectivity index (χ4n) is 8.96. The Kier molecular flexibility index (Phi) is 7.40. The lowest BCUT2D eigenvalue weighted by Gasteiger charge is -2.26. The van der Waals surface area contributed by atoms with Crippen LogP contribution < -0.4 is 4.90 Å². The zero-order valence-electron chi connectivity index (χ0n) is 31.3. The first-order chi connectivity index (χ1) is 28.8. The number of anilines is 3. The molecular weight excluding hydrogens is 725 g/mol. The van der Waals surface area contributed by atoms with Crippen LogP contribution in [0.25, 0.3) is 91.9 Å². The molecule has 3 aromatic heterocycles. The molecule has 0 saturated heterocycles. The maximum absolute atomic E-state index is 6.44. The van der Waals surface area contributed by atoms with Crippen molar-refractivity contribution < 1.29 is 4.42 Å². The Morgan fingerprint density at radius 2 is 1.03 bits per heavy atom. The van der Waals surface area contributed by atoms with Crippen molar-refractivity contribution in [1.82, 2.24) is 4.57 Å². The molecule has 272 valence electrons. The van der Waals surface area contributed by atoms with E-state index in [1.165, 1.54) is 53.1 Å². The predicted molar refractivity (Wildman–Crippen MR) is 247 cm³/mol. The lowest BCUT2D eigenvalue weighted by molar-refractivity contribution is 0.670. The Hall–Kier alpha value is -7.40. The molecule has 0 aliphatic heterocycles. The maximum atomic E-state index is 6.44. The van der Waals surface area contributed by atoms with Gasteiger partial charge < -0.3 is 13.9 Å². The lowest BCUT2D eigenvalue weighted by atomic mass is 9.99. The molecule has 0 aliphatic rings. The molecule has 4 heteroatoms. The molecule has 12 aromatic rings. The minimum Gasteiger partial charge on any atom is -0.455 e. The average Bonchev–Trinajstić information content (AvgIpc) is 3.97. The van der Waals surface area contributed by atoms with Crippen LogP contribution in [-0.4, -0.2) is 4.57 Å². The van der Waals surface area contributed by atoms with Gasteiger partial charge in [0.1, 0.15) is 11.2 Å². The largest absolute Gasteiger partial charge is 0.455 e. The normalized spacial score (nSPS) is 11.8. The van der Waals surface area contributed by atoms with Gasteiger partial charge in [-0.1, -0.05) is 133 Å². The van der Waals surface area contributed by atoms with Gasteiger partial charge in [0.15, 0.2) is 0 Å². The van der Waals surface area contributed by atoms with Gasteiger partial charge in [0, 0.05) is 75.6 Å². The van der Waals surface area contributed by atoms with Crippen LogP contribution >= 0.6 is 11.3 Å². The van der Waals surface area contributed by atoms with Crippen LogP contribution in [0.4, 0.5) is 17.1 Å². The molecule has 0 N–H and O–H groups in total. The third kappa shape index (κ3) is 5.12. The van der Waals surface area contributed by atoms with Crippen molar-refractivity contribution in [2.75, 3.05) is 4.90 Å². The van der Waals surface area contributed by atoms with Crippen molar-refractivity contribution in [1.29, 1.82) is 0 Å². The highest BCUT2D eigenvalue weighted by molar-refractivity contribution is 7.26. The average molecular weight is 759 g/mol. The van der Waals surface area contributed by atoms with Crippen LogP contribution in [0.3, 0.4) is 0 Å². The summed E-state index contributed by atoms with van der Waals surface area (Å²) in [6, 6.07) is 74.4. The van der Waals surface area contributed by atoms with Gasteiger partial charge in [0.05, 0.1) is 11.0 Å². The molecule has 0 unspecified atom stereocenters. The smallest absolute Gasteiger partial charge is 0.143 e. The van der Waals surface area contributed by atoms with Gasteiger partial charge in [-0.25, -0.2) is 0 Å². The maximum Gasteiger partial charge on any atom is 0.143 e. The second kappa shape index (κ2) is 13.1. The van der Waals surface area contributed by atoms with E-state index < -0.39 is 0 Å². The molecule has 0 aliphatic carbocycles. The molecule has 0 fully saturated rings. The molecule has 0 amide bonds. The summed E-state index contributed by atoms with van der Waals surface area (Å²) in [6.45, 7) is 0. The van der Waals surface area contributed by atoms with Gasteiger partial charge >= 0.3 is 0 Å². The molecule has 0 atom stereocenters. The Labute approximate surface area is 338 Å². The van der Waals surface area contributed by atoms with Gasteiger partial charge in [0.25, 0.3) is 0 Å². The second-order valence-electron chi connectivity index (χ2n) is 14.9. The number of nitrogens with zero attached hydrogens (tertiary/aromatic N) is 2. The first kappa shape index (κ1) is 32.8. The van der Waals surface area contributed by atoms with E-state index in [1.807, 2.05) is 23.5 Å². The van der Waals surface area contributed by atoms with Gasteiger partial charge in [0.2, 0.25) is 0 Å². The Morgan fingerprint density at radius 1 is 0.397 bits per heavy atom. The Balaban J connectivity index is 1.05. The minimum absolute atomic E-state index is 0.907. The zero-order valence-corrected chi connectivity index (χ0v) is 32.2. The molecule has 0 saturated carbocycles. The van der Waals surface area contributed by atoms with Crippen molar-refractivity contribution in [3.8, 4) is 27.9 Å². The third-order valence-corrected chi connectivity index (χ3v) is 12.8. The van der Waals surface area contributed by atoms with Gasteiger partial charge in [-0.3, -0.25) is 0 Å². The number of benzene rings is 9. The summed E-state index contributed by atoms with van der Waals surface area (Å²) >= 11 is 1.87. The lowest BCUT2D eigenvalue weighted by Crippen LogP contribution is -2.10. The highest BCUT2D eigenvalue weighted by Gasteiger charge is 2.20. The fraction of sp³-hybridized carbons (Fsp3) is 0. The van der Waals surface area contributed by atoms with E-state index >= 15 is 0 Å². The zero-order chi connectivity index (χ0) is 38.2. The number of thiophene rings is 1. The van der Waals surface area contributed by atoms with E-state index in [1.54, 1.807) is 0 Å². The Morgan fingerprint density at radius 3 is 1.83 bits per heavy atom. The first-order valence-electron chi connectivity index (χ1n) is 19.7. The molecule has 0 spiro atoms. The number of furan rings is 1. The summed E-state index contributed by atoms with van der Waals surface area (Å²) in [5.74, 6) is 0. The number of para-hydroxylation sites is 5. The highest BCUT2D eigenvalue weighted by Crippen LogP contribution is 2.46. The van der Waals surface area contributed by atoms with E-state index in [4.69, 9.17) is 4.42 Å². The van der Waals surface area contributed by atoms with Crippen LogP contribution in [0.2, 0.25) is 0 Å². The SMILES string of the molecule is c1ccc(N(c2ccc(-c3cccc4c3oc3ccccc34)cc2)c2cc(-c3cccc(-n4c5ccccc5c5ccccc54)c3)c3sc4ccccc4c3c2)cc1. The minimum atomic E-state index is 0.907. The molecule has 0 radical (unpaired) electrons. The fourth-order valence-corrected chi connectivity index (χ4v) is 10.2. The van der Waals surface area contributed by atoms with E-state index in [9.17, 15) is 0 Å². The van der Waals surface area contributed by atoms with E-state index in [0.29, 0.717) is 0 Å². The third-order valence-electron chi connectivity index (χ3n) is 11.6. The van der Waals surface area contributed by atoms with Crippen molar-refractivity contribution in [3.63, 3.8) is 0 Å². The predicted octanol–water partition coefficient (Wildman–Crippen LogP) is 15.9. The molecule has 3 heterocycles. The first-order valence-corrected chi connectivity index (χ1v) is 20.5. The highest BCUT2D eigenvalue weighted by atomic mass is 32.1. The van der Waals surface area contributed by atoms with Crippen LogP contribution in [0, 0.1) is 0 Å². The number of hydrogen-bond acceptors (Lipinski definition) is 3. The molecule has 58 heavy (non-hydrogen) atoms. The Bertz CT molecular complexity index is 3460. The standard InChI is InChI=1S/C54H34N2OS/c1-2-15-37(16-3-1)55(38-30-28-35(29-31-38)41-22-13-23-46-44-20-6-10-26-51(44)57-53(41)46)40-33-47(54-48(34-40)45-21-7-11-27-52(45)58-54)36-14-12-17-39(32-36)56-49-24-8-4-18-42(49)43-19-5-9-25-50(43)56/h1-34H. The summed E-state index contributed by atoms with van der Waals surface area (Å²) in [7, 11) is 0. The monoisotopic (exact) mass is 758 g/mol. The number of aromatic nitrogens is 1. The van der Waals surface area contributed by atoms with Gasteiger partial charge in [-0.2, -0.15) is 0 Å². The van der Waals surface area contributed by atoms with Crippen LogP contribution in [0.1, 0.15) is 0 Å². The molecule has 12 rings (SSSR count). The van der Waals surface area contributed by atoms with Gasteiger partial charge in [-0.05, 0) is 83.9 Å². The number of rotatable bonds is 6. The number of hydrogen-bond donors (Lipinski definition) is 0. The quantitative estimate of drug-likeness (QED) is 0.168. The van der Waals surface area contributed by atoms with E-state index in [0.717, 1.165) is 55.8 Å². The molecule has 3 nitrogen and oxygen atoms in total. The number of fused-ring (bicyclic) bond motifs is 9. The van der Waals surface area contributed by atoms with Crippen molar-refractivity contribution in [2.24, 2.45) is 0 Å². The van der Waals surface area contributed by atoms with Crippen LogP contribution in [-0.2, 0) is 0 Å². The summed E-state index contributed by atoms with van der Waals surface area (Å²) in [4.78, 5) is 2.39. The summed E-state index contributed by atoms with van der Waals surface area (Å²) in [6.07, 6.45) is 0. The molecule has 0 bridgehead atoms. The van der Waals surface area contributed by atoms with Gasteiger partial charge in [-0.15, -0.1) is 11.3 Å². The summed E-state index contributed by atoms with van der Waals surface area (Å²) in [5, 5.41) is 7.32. The molecular formula is C54H34N2OS. The summed E-state index contributed by atoms with van der Waals surface area (Å²) in [5.41, 5.74) is 13.2. The second-order valence-corrected chi connectivity index (χ2v) is 15.9. The van der Waals surface area contributed by atoms with E-state index in [-0.39, 0.29) is 0 Å². The van der Waals surface area contributed by atoms with Crippen LogP contribution in [0.5, 0.6) is 0 Å². The van der Waals surface area contributed by atoms with E-state index in [2.05, 4.69) is 204 Å². The topological polar surface area (TPSA) is 21.3 Å². The van der Waals surface area contributed by atoms with Crippen molar-refractivity contribution >= 4 is 92.3 Å².